The molecule has 0 spiro atoms. The number of hydrazone groups is 1. The van der Waals surface area contributed by atoms with Crippen LogP contribution in [0.25, 0.3) is 0 Å². The zero-order valence-electron chi connectivity index (χ0n) is 9.64. The van der Waals surface area contributed by atoms with E-state index in [0.717, 1.165) is 14.3 Å². The van der Waals surface area contributed by atoms with Gasteiger partial charge in [0.15, 0.2) is 5.72 Å². The summed E-state index contributed by atoms with van der Waals surface area (Å²) in [6.45, 7) is 3.40. The highest BCUT2D eigenvalue weighted by Crippen LogP contribution is 2.26. The monoisotopic (exact) mass is 344 g/mol. The molecule has 0 saturated carbocycles. The summed E-state index contributed by atoms with van der Waals surface area (Å²) in [5.74, 6) is -0.275. The largest absolute Gasteiger partial charge is 0.369 e. The van der Waals surface area contributed by atoms with Gasteiger partial charge in [-0.3, -0.25) is 4.79 Å². The lowest BCUT2D eigenvalue weighted by atomic mass is 10.1. The number of hydrogen-bond donors (Lipinski definition) is 1. The van der Waals surface area contributed by atoms with Gasteiger partial charge in [-0.1, -0.05) is 0 Å². The molecule has 4 nitrogen and oxygen atoms in total. The summed E-state index contributed by atoms with van der Waals surface area (Å²) in [5, 5.41) is 15.3. The highest BCUT2D eigenvalue weighted by atomic mass is 127. The van der Waals surface area contributed by atoms with Gasteiger partial charge >= 0.3 is 0 Å². The second-order valence-corrected chi connectivity index (χ2v) is 5.60. The zero-order chi connectivity index (χ0) is 12.6. The average Bonchev–Trinajstić information content (AvgIpc) is 2.52. The maximum Gasteiger partial charge on any atom is 0.276 e. The molecule has 0 radical (unpaired) electrons. The molecule has 0 unspecified atom stereocenters. The Morgan fingerprint density at radius 3 is 2.53 bits per heavy atom. The number of hydrogen-bond acceptors (Lipinski definition) is 3. The fourth-order valence-corrected chi connectivity index (χ4v) is 2.21. The Morgan fingerprint density at radius 2 is 2.06 bits per heavy atom. The van der Waals surface area contributed by atoms with Crippen LogP contribution in [0.5, 0.6) is 0 Å². The van der Waals surface area contributed by atoms with Gasteiger partial charge in [0.25, 0.3) is 5.91 Å². The molecule has 0 aromatic heterocycles. The minimum atomic E-state index is -1.22. The van der Waals surface area contributed by atoms with E-state index < -0.39 is 5.72 Å². The maximum atomic E-state index is 12.2. The Labute approximate surface area is 113 Å². The second-order valence-electron chi connectivity index (χ2n) is 4.35. The molecule has 0 fully saturated rings. The third-order valence-electron chi connectivity index (χ3n) is 2.60. The van der Waals surface area contributed by atoms with Crippen LogP contribution in [0, 0.1) is 3.57 Å². The van der Waals surface area contributed by atoms with Crippen molar-refractivity contribution in [3.63, 3.8) is 0 Å². The number of carbonyl (C=O) groups excluding carboxylic acids is 1. The highest BCUT2D eigenvalue weighted by molar-refractivity contribution is 14.1. The summed E-state index contributed by atoms with van der Waals surface area (Å²) in [7, 11) is 0. The lowest BCUT2D eigenvalue weighted by Crippen LogP contribution is -2.43. The number of halogens is 1. The highest BCUT2D eigenvalue weighted by Gasteiger charge is 2.39. The molecule has 0 saturated heterocycles. The maximum absolute atomic E-state index is 12.2. The molecule has 1 N–H and O–H groups in total. The Balaban J connectivity index is 2.29. The second kappa shape index (κ2) is 4.38. The first-order chi connectivity index (χ1) is 7.90. The first-order valence-electron chi connectivity index (χ1n) is 5.27. The number of carbonyl (C=O) groups is 1. The first kappa shape index (κ1) is 12.5. The van der Waals surface area contributed by atoms with Crippen LogP contribution in [-0.2, 0) is 0 Å². The molecule has 1 aliphatic rings. The van der Waals surface area contributed by atoms with E-state index in [1.54, 1.807) is 26.0 Å². The molecule has 1 atom stereocenters. The van der Waals surface area contributed by atoms with Crippen molar-refractivity contribution in [2.75, 3.05) is 0 Å². The fourth-order valence-electron chi connectivity index (χ4n) is 1.85. The van der Waals surface area contributed by atoms with Gasteiger partial charge in [-0.25, -0.2) is 0 Å². The predicted octanol–water partition coefficient (Wildman–Crippen LogP) is 2.22. The molecule has 0 aliphatic carbocycles. The summed E-state index contributed by atoms with van der Waals surface area (Å²) in [6.07, 6.45) is 0.392. The number of aliphatic hydroxyl groups is 1. The van der Waals surface area contributed by atoms with Gasteiger partial charge in [-0.15, -0.1) is 0 Å². The standard InChI is InChI=1S/C12H13IN2O2/c1-8-7-12(2,17)15(14-8)11(16)9-3-5-10(13)6-4-9/h3-6,17H,7H2,1-2H3/t12-/m1/s1. The summed E-state index contributed by atoms with van der Waals surface area (Å²) < 4.78 is 1.06. The molecular weight excluding hydrogens is 331 g/mol. The third-order valence-corrected chi connectivity index (χ3v) is 3.32. The van der Waals surface area contributed by atoms with Crippen molar-refractivity contribution in [1.82, 2.24) is 5.01 Å². The van der Waals surface area contributed by atoms with Crippen LogP contribution in [0.2, 0.25) is 0 Å². The normalized spacial score (nSPS) is 23.8. The molecule has 5 heteroatoms. The predicted molar refractivity (Wildman–Crippen MR) is 73.7 cm³/mol. The van der Waals surface area contributed by atoms with Crippen LogP contribution in [-0.4, -0.2) is 27.5 Å². The van der Waals surface area contributed by atoms with E-state index in [1.807, 2.05) is 12.1 Å². The van der Waals surface area contributed by atoms with Crippen molar-refractivity contribution in [3.05, 3.63) is 33.4 Å². The summed E-state index contributed by atoms with van der Waals surface area (Å²) in [4.78, 5) is 12.2. The molecule has 17 heavy (non-hydrogen) atoms. The van der Waals surface area contributed by atoms with Crippen molar-refractivity contribution < 1.29 is 9.90 Å². The summed E-state index contributed by atoms with van der Waals surface area (Å²) in [6, 6.07) is 7.19. The quantitative estimate of drug-likeness (QED) is 0.795. The number of nitrogens with zero attached hydrogens (tertiary/aromatic N) is 2. The van der Waals surface area contributed by atoms with Gasteiger partial charge in [0.1, 0.15) is 0 Å². The van der Waals surface area contributed by atoms with Crippen molar-refractivity contribution >= 4 is 34.2 Å². The minimum Gasteiger partial charge on any atom is -0.369 e. The average molecular weight is 344 g/mol. The smallest absolute Gasteiger partial charge is 0.276 e. The number of rotatable bonds is 1. The van der Waals surface area contributed by atoms with Crippen LogP contribution in [0.3, 0.4) is 0 Å². The minimum absolute atomic E-state index is 0.275. The van der Waals surface area contributed by atoms with E-state index >= 15 is 0 Å². The third kappa shape index (κ3) is 2.50. The van der Waals surface area contributed by atoms with Crippen LogP contribution >= 0.6 is 22.6 Å². The van der Waals surface area contributed by atoms with Gasteiger partial charge in [-0.2, -0.15) is 10.1 Å². The first-order valence-corrected chi connectivity index (χ1v) is 6.34. The van der Waals surface area contributed by atoms with Crippen molar-refractivity contribution in [2.45, 2.75) is 26.0 Å². The Bertz CT molecular complexity index is 480. The van der Waals surface area contributed by atoms with Crippen molar-refractivity contribution in [2.24, 2.45) is 5.10 Å². The Morgan fingerprint density at radius 1 is 1.47 bits per heavy atom. The zero-order valence-corrected chi connectivity index (χ0v) is 11.8. The number of benzene rings is 1. The lowest BCUT2D eigenvalue weighted by molar-refractivity contribution is -0.0553. The van der Waals surface area contributed by atoms with E-state index in [9.17, 15) is 9.90 Å². The lowest BCUT2D eigenvalue weighted by Gasteiger charge is -2.26. The van der Waals surface area contributed by atoms with E-state index in [4.69, 9.17) is 0 Å². The fraction of sp³-hybridized carbons (Fsp3) is 0.333. The molecule has 1 aromatic carbocycles. The Hall–Kier alpha value is -0.950. The van der Waals surface area contributed by atoms with Gasteiger partial charge in [0.05, 0.1) is 0 Å². The van der Waals surface area contributed by atoms with Crippen molar-refractivity contribution in [1.29, 1.82) is 0 Å². The molecule has 1 amide bonds. The van der Waals surface area contributed by atoms with E-state index in [-0.39, 0.29) is 5.91 Å². The molecule has 90 valence electrons. The molecular formula is C12H13IN2O2. The van der Waals surface area contributed by atoms with Gasteiger partial charge in [0, 0.05) is 21.3 Å². The van der Waals surface area contributed by atoms with E-state index in [2.05, 4.69) is 27.7 Å². The molecule has 2 rings (SSSR count). The van der Waals surface area contributed by atoms with Gasteiger partial charge in [0.2, 0.25) is 0 Å². The van der Waals surface area contributed by atoms with Gasteiger partial charge in [-0.05, 0) is 60.7 Å². The molecule has 1 aromatic rings. The Kier molecular flexibility index (Phi) is 3.22. The number of amides is 1. The van der Waals surface area contributed by atoms with Crippen LogP contribution in [0.15, 0.2) is 29.4 Å². The summed E-state index contributed by atoms with van der Waals surface area (Å²) >= 11 is 2.18. The van der Waals surface area contributed by atoms with Crippen LogP contribution in [0.4, 0.5) is 0 Å². The van der Waals surface area contributed by atoms with Crippen LogP contribution < -0.4 is 0 Å². The molecule has 1 heterocycles. The summed E-state index contributed by atoms with van der Waals surface area (Å²) in [5.41, 5.74) is 0.0717. The van der Waals surface area contributed by atoms with Crippen LogP contribution in [0.1, 0.15) is 30.6 Å². The SMILES string of the molecule is CC1=NN(C(=O)c2ccc(I)cc2)[C@](C)(O)C1. The molecule has 0 bridgehead atoms. The van der Waals surface area contributed by atoms with Crippen molar-refractivity contribution in [3.8, 4) is 0 Å². The van der Waals surface area contributed by atoms with Gasteiger partial charge < -0.3 is 5.11 Å². The molecule has 1 aliphatic heterocycles. The van der Waals surface area contributed by atoms with E-state index in [1.165, 1.54) is 0 Å². The topological polar surface area (TPSA) is 52.9 Å². The van der Waals surface area contributed by atoms with E-state index in [0.29, 0.717) is 12.0 Å².